The van der Waals surface area contributed by atoms with Gasteiger partial charge in [-0.15, -0.1) is 0 Å². The van der Waals surface area contributed by atoms with Crippen LogP contribution in [0, 0.1) is 0 Å². The van der Waals surface area contributed by atoms with Crippen LogP contribution in [0.1, 0.15) is 12.8 Å². The topological polar surface area (TPSA) is 218 Å². The molecule has 0 saturated carbocycles. The summed E-state index contributed by atoms with van der Waals surface area (Å²) < 4.78 is 134. The van der Waals surface area contributed by atoms with E-state index in [0.29, 0.717) is 52.9 Å². The zero-order valence-corrected chi connectivity index (χ0v) is 36.4. The molecule has 0 fully saturated rings. The minimum Gasteiger partial charge on any atom is -0.507 e. The molecular formula is C39H57NO16S3. The Morgan fingerprint density at radius 3 is 1.27 bits per heavy atom. The molecule has 0 heterocycles. The Kier molecular flexibility index (Phi) is 20.3. The number of hydrogen-bond donors (Lipinski definition) is 2. The van der Waals surface area contributed by atoms with Gasteiger partial charge in [-0.3, -0.25) is 0 Å². The highest BCUT2D eigenvalue weighted by molar-refractivity contribution is 7.92. The molecule has 2 N–H and O–H groups in total. The number of ether oxygens (including phenoxy) is 9. The molecule has 0 saturated heterocycles. The first kappa shape index (κ1) is 48.8. The van der Waals surface area contributed by atoms with Crippen LogP contribution in [0.5, 0.6) is 5.75 Å². The van der Waals surface area contributed by atoms with Crippen LogP contribution < -0.4 is 4.72 Å². The summed E-state index contributed by atoms with van der Waals surface area (Å²) in [7, 11) is -7.91. The SMILES string of the molecule is COCCOCCOCCCS(=O)(=O)c1cc(O)c2ccc3c(S(=O)(=O)NCCOCCOCCOC)cc(S(=O)(=O)CCCOCCOCCOC)c4ccc1c2c43. The van der Waals surface area contributed by atoms with Crippen LogP contribution in [0.4, 0.5) is 0 Å². The Morgan fingerprint density at radius 1 is 0.458 bits per heavy atom. The number of nitrogens with one attached hydrogen (secondary N) is 1. The van der Waals surface area contributed by atoms with Crippen molar-refractivity contribution in [2.75, 3.05) is 138 Å². The van der Waals surface area contributed by atoms with Gasteiger partial charge in [0, 0.05) is 73.4 Å². The average molecular weight is 892 g/mol. The molecule has 0 spiro atoms. The number of phenols is 1. The molecule has 332 valence electrons. The molecule has 4 aromatic carbocycles. The molecule has 0 aliphatic rings. The minimum absolute atomic E-state index is 0.00355. The molecule has 0 atom stereocenters. The lowest BCUT2D eigenvalue weighted by Crippen LogP contribution is -2.28. The van der Waals surface area contributed by atoms with Crippen molar-refractivity contribution in [2.45, 2.75) is 27.5 Å². The number of methoxy groups -OCH3 is 3. The van der Waals surface area contributed by atoms with Crippen molar-refractivity contribution in [3.8, 4) is 5.75 Å². The summed E-state index contributed by atoms with van der Waals surface area (Å²) in [5.74, 6) is -1.05. The fourth-order valence-electron chi connectivity index (χ4n) is 6.26. The average Bonchev–Trinajstić information content (AvgIpc) is 3.21. The second-order valence-electron chi connectivity index (χ2n) is 13.2. The lowest BCUT2D eigenvalue weighted by atomic mass is 9.94. The Balaban J connectivity index is 1.67. The van der Waals surface area contributed by atoms with Crippen molar-refractivity contribution in [2.24, 2.45) is 0 Å². The van der Waals surface area contributed by atoms with Crippen molar-refractivity contribution in [1.82, 2.24) is 4.72 Å². The standard InChI is InChI=1S/C39H57NO16S3/c1-48-14-17-54-23-20-51-11-4-26-57(42,43)35-28-34(41)30-6-7-33-37(59(46,47)40-10-13-53-22-25-56-19-16-50-3)29-36(32-9-8-31(35)38(30)39(32)33)58(44,45)27-5-12-52-21-24-55-18-15-49-2/h6-9,28-29,40-41H,4-5,10-27H2,1-3H3. The molecule has 0 radical (unpaired) electrons. The normalized spacial score (nSPS) is 12.8. The van der Waals surface area contributed by atoms with E-state index in [4.69, 9.17) is 42.6 Å². The third-order valence-corrected chi connectivity index (χ3v) is 14.2. The van der Waals surface area contributed by atoms with Crippen LogP contribution in [0.2, 0.25) is 0 Å². The van der Waals surface area contributed by atoms with E-state index in [1.54, 1.807) is 21.3 Å². The van der Waals surface area contributed by atoms with Gasteiger partial charge in [0.1, 0.15) is 5.75 Å². The first-order chi connectivity index (χ1) is 28.4. The maximum Gasteiger partial charge on any atom is 0.241 e. The van der Waals surface area contributed by atoms with Gasteiger partial charge in [-0.1, -0.05) is 18.2 Å². The quantitative estimate of drug-likeness (QED) is 0.0519. The van der Waals surface area contributed by atoms with E-state index in [2.05, 4.69) is 4.72 Å². The third kappa shape index (κ3) is 14.1. The fourth-order valence-corrected chi connectivity index (χ4v) is 10.6. The second kappa shape index (κ2) is 24.6. The summed E-state index contributed by atoms with van der Waals surface area (Å²) in [6.07, 6.45) is 0.248. The van der Waals surface area contributed by atoms with Crippen molar-refractivity contribution in [3.05, 3.63) is 36.4 Å². The number of aromatic hydroxyl groups is 1. The van der Waals surface area contributed by atoms with Crippen LogP contribution >= 0.6 is 0 Å². The van der Waals surface area contributed by atoms with Gasteiger partial charge >= 0.3 is 0 Å². The fraction of sp³-hybridized carbons (Fsp3) is 0.590. The van der Waals surface area contributed by atoms with Crippen LogP contribution in [0.25, 0.3) is 32.3 Å². The molecule has 4 aromatic rings. The number of rotatable bonds is 33. The van der Waals surface area contributed by atoms with Crippen LogP contribution in [-0.4, -0.2) is 169 Å². The highest BCUT2D eigenvalue weighted by atomic mass is 32.2. The van der Waals surface area contributed by atoms with Crippen LogP contribution in [0.3, 0.4) is 0 Å². The molecule has 59 heavy (non-hydrogen) atoms. The molecule has 0 unspecified atom stereocenters. The van der Waals surface area contributed by atoms with Gasteiger partial charge in [-0.25, -0.2) is 30.0 Å². The summed E-state index contributed by atoms with van der Waals surface area (Å²) in [5.41, 5.74) is 0. The highest BCUT2D eigenvalue weighted by Gasteiger charge is 2.29. The van der Waals surface area contributed by atoms with Gasteiger partial charge < -0.3 is 47.7 Å². The van der Waals surface area contributed by atoms with Crippen LogP contribution in [-0.2, 0) is 72.3 Å². The zero-order chi connectivity index (χ0) is 42.7. The van der Waals surface area contributed by atoms with Crippen molar-refractivity contribution >= 4 is 62.0 Å². The number of sulfonamides is 1. The van der Waals surface area contributed by atoms with E-state index in [-0.39, 0.29) is 130 Å². The van der Waals surface area contributed by atoms with E-state index >= 15 is 0 Å². The zero-order valence-electron chi connectivity index (χ0n) is 33.9. The minimum atomic E-state index is -4.39. The lowest BCUT2D eigenvalue weighted by molar-refractivity contribution is 0.0251. The van der Waals surface area contributed by atoms with E-state index in [9.17, 15) is 30.4 Å². The molecule has 17 nitrogen and oxygen atoms in total. The van der Waals surface area contributed by atoms with Gasteiger partial charge in [-0.05, 0) is 31.0 Å². The maximum atomic E-state index is 14.1. The summed E-state index contributed by atoms with van der Waals surface area (Å²) in [6, 6.07) is 8.27. The maximum absolute atomic E-state index is 14.1. The first-order valence-electron chi connectivity index (χ1n) is 19.3. The molecule has 0 aliphatic carbocycles. The van der Waals surface area contributed by atoms with Gasteiger partial charge in [0.15, 0.2) is 19.7 Å². The third-order valence-electron chi connectivity index (χ3n) is 9.08. The predicted molar refractivity (Wildman–Crippen MR) is 221 cm³/mol. The van der Waals surface area contributed by atoms with Crippen molar-refractivity contribution in [3.63, 3.8) is 0 Å². The van der Waals surface area contributed by atoms with Gasteiger partial charge in [0.25, 0.3) is 0 Å². The van der Waals surface area contributed by atoms with E-state index in [1.165, 1.54) is 30.3 Å². The summed E-state index contributed by atoms with van der Waals surface area (Å²) in [5, 5.41) is 12.4. The Bertz CT molecular complexity index is 2140. The summed E-state index contributed by atoms with van der Waals surface area (Å²) in [6.45, 7) is 4.23. The molecule has 4 rings (SSSR count). The van der Waals surface area contributed by atoms with E-state index in [1.807, 2.05) is 0 Å². The largest absolute Gasteiger partial charge is 0.507 e. The van der Waals surface area contributed by atoms with Crippen molar-refractivity contribution < 1.29 is 73.0 Å². The molecule has 0 aromatic heterocycles. The number of benzene rings is 4. The van der Waals surface area contributed by atoms with E-state index < -0.39 is 29.7 Å². The first-order valence-corrected chi connectivity index (χ1v) is 24.0. The highest BCUT2D eigenvalue weighted by Crippen LogP contribution is 2.45. The molecule has 0 amide bonds. The Labute approximate surface area is 346 Å². The Hall–Kier alpha value is -2.83. The molecule has 0 bridgehead atoms. The van der Waals surface area contributed by atoms with Gasteiger partial charge in [-0.2, -0.15) is 0 Å². The van der Waals surface area contributed by atoms with Crippen molar-refractivity contribution in [1.29, 1.82) is 0 Å². The van der Waals surface area contributed by atoms with E-state index in [0.717, 1.165) is 6.07 Å². The lowest BCUT2D eigenvalue weighted by Gasteiger charge is -2.20. The van der Waals surface area contributed by atoms with Gasteiger partial charge in [0.2, 0.25) is 10.0 Å². The predicted octanol–water partition coefficient (Wildman–Crippen LogP) is 2.93. The van der Waals surface area contributed by atoms with Gasteiger partial charge in [0.05, 0.1) is 112 Å². The number of phenolic OH excluding ortho intramolecular Hbond substituents is 1. The van der Waals surface area contributed by atoms with Crippen LogP contribution in [0.15, 0.2) is 51.1 Å². The smallest absolute Gasteiger partial charge is 0.241 e. The second-order valence-corrected chi connectivity index (χ2v) is 19.1. The molecule has 20 heteroatoms. The molecule has 0 aliphatic heterocycles. The number of hydrogen-bond acceptors (Lipinski definition) is 16. The number of sulfone groups is 2. The summed E-state index contributed by atoms with van der Waals surface area (Å²) in [4.78, 5) is -0.771. The Morgan fingerprint density at radius 2 is 0.814 bits per heavy atom. The monoisotopic (exact) mass is 891 g/mol. The summed E-state index contributed by atoms with van der Waals surface area (Å²) >= 11 is 0. The molecular weight excluding hydrogens is 835 g/mol.